The zero-order valence-electron chi connectivity index (χ0n) is 20.2. The highest BCUT2D eigenvalue weighted by Gasteiger charge is 2.50. The molecule has 3 aromatic rings. The Labute approximate surface area is 209 Å². The first kappa shape index (κ1) is 27.2. The van der Waals surface area contributed by atoms with Gasteiger partial charge in [-0.2, -0.15) is 0 Å². The maximum absolute atomic E-state index is 16.1. The van der Waals surface area contributed by atoms with Crippen LogP contribution in [0.3, 0.4) is 0 Å². The summed E-state index contributed by atoms with van der Waals surface area (Å²) in [5.74, 6) is -1.19. The summed E-state index contributed by atoms with van der Waals surface area (Å²) in [6, 6.07) is 13.5. The maximum Gasteiger partial charge on any atom is 0.342 e. The Morgan fingerprint density at radius 2 is 1.69 bits per heavy atom. The van der Waals surface area contributed by atoms with Gasteiger partial charge in [0.1, 0.15) is 11.5 Å². The smallest absolute Gasteiger partial charge is 0.342 e. The van der Waals surface area contributed by atoms with Crippen LogP contribution in [0.5, 0.6) is 5.75 Å². The van der Waals surface area contributed by atoms with E-state index in [0.717, 1.165) is 19.2 Å². The number of halogens is 2. The molecule has 3 unspecified atom stereocenters. The molecule has 3 atom stereocenters. The lowest BCUT2D eigenvalue weighted by atomic mass is 9.96. The van der Waals surface area contributed by atoms with Crippen molar-refractivity contribution >= 4 is 14.0 Å². The Kier molecular flexibility index (Phi) is 8.42. The normalized spacial score (nSPS) is 14.5. The number of hydrogen-bond acceptors (Lipinski definition) is 6. The lowest BCUT2D eigenvalue weighted by molar-refractivity contribution is -0.138. The van der Waals surface area contributed by atoms with Crippen molar-refractivity contribution in [1.82, 2.24) is 4.98 Å². The number of ether oxygens (including phenoxy) is 1. The Morgan fingerprint density at radius 3 is 2.19 bits per heavy atom. The van der Waals surface area contributed by atoms with Crippen molar-refractivity contribution in [2.24, 2.45) is 0 Å². The molecule has 0 saturated heterocycles. The summed E-state index contributed by atoms with van der Waals surface area (Å²) in [5.41, 5.74) is 0.735. The lowest BCUT2D eigenvalue weighted by Crippen LogP contribution is -2.46. The molecule has 6 nitrogen and oxygen atoms in total. The van der Waals surface area contributed by atoms with E-state index < -0.39 is 36.9 Å². The monoisotopic (exact) mass is 513 g/mol. The van der Waals surface area contributed by atoms with E-state index in [2.05, 4.69) is 10.9 Å². The Morgan fingerprint density at radius 1 is 1.08 bits per heavy atom. The van der Waals surface area contributed by atoms with Crippen LogP contribution in [0.25, 0.3) is 22.4 Å². The van der Waals surface area contributed by atoms with Crippen LogP contribution in [0, 0.1) is 24.0 Å². The Hall–Kier alpha value is -3.37. The summed E-state index contributed by atoms with van der Waals surface area (Å²) in [5, 5.41) is 8.00. The van der Waals surface area contributed by atoms with E-state index >= 15 is 4.39 Å². The maximum atomic E-state index is 16.1. The quantitative estimate of drug-likeness (QED) is 0.240. The number of aliphatic hydroxyl groups excluding tert-OH is 1. The van der Waals surface area contributed by atoms with E-state index in [-0.39, 0.29) is 34.2 Å². The molecular formula is C27H26F2NO5P. The second-order valence-electron chi connectivity index (χ2n) is 8.40. The highest BCUT2D eigenvalue weighted by molar-refractivity contribution is 7.43. The molecule has 1 heterocycles. The SMILES string of the molecule is C#CC(C(=O)Oc1c(C(C)C)nc(-c2ccccc2)c(F)c1-c1ccc(F)cc1)(C(C)O)[PH](=O)OC. The van der Waals surface area contributed by atoms with Crippen LogP contribution in [0.1, 0.15) is 32.4 Å². The number of nitrogens with zero attached hydrogens (tertiary/aromatic N) is 1. The van der Waals surface area contributed by atoms with Gasteiger partial charge >= 0.3 is 5.97 Å². The molecular weight excluding hydrogens is 487 g/mol. The van der Waals surface area contributed by atoms with Crippen molar-refractivity contribution in [2.45, 2.75) is 37.9 Å². The molecule has 0 aliphatic heterocycles. The number of aromatic nitrogens is 1. The van der Waals surface area contributed by atoms with Crippen LogP contribution >= 0.6 is 8.03 Å². The number of carbonyl (C=O) groups excluding carboxylic acids is 1. The highest BCUT2D eigenvalue weighted by Crippen LogP contribution is 2.46. The van der Waals surface area contributed by atoms with Gasteiger partial charge in [-0.3, -0.25) is 4.57 Å². The molecule has 3 rings (SSSR count). The minimum atomic E-state index is -3.34. The van der Waals surface area contributed by atoms with Gasteiger partial charge in [0.05, 0.1) is 17.4 Å². The number of benzene rings is 2. The third-order valence-corrected chi connectivity index (χ3v) is 7.51. The first-order valence-electron chi connectivity index (χ1n) is 11.1. The fourth-order valence-electron chi connectivity index (χ4n) is 3.72. The highest BCUT2D eigenvalue weighted by atomic mass is 31.1. The standard InChI is InChI=1S/C27H26F2NO5P/c1-6-27(17(4)31,36(33)34-5)26(32)35-25-21(18-12-14-20(28)15-13-18)22(29)24(30-23(25)16(2)3)19-10-8-7-9-11-19/h1,7-17,31,36H,2-5H3. The van der Waals surface area contributed by atoms with Crippen molar-refractivity contribution in [3.63, 3.8) is 0 Å². The van der Waals surface area contributed by atoms with Gasteiger partial charge in [0.15, 0.2) is 11.6 Å². The molecule has 0 aliphatic rings. The van der Waals surface area contributed by atoms with E-state index in [1.54, 1.807) is 44.2 Å². The fourth-order valence-corrected chi connectivity index (χ4v) is 4.72. The van der Waals surface area contributed by atoms with Crippen LogP contribution in [0.2, 0.25) is 0 Å². The average molecular weight is 513 g/mol. The van der Waals surface area contributed by atoms with Gasteiger partial charge in [0.2, 0.25) is 13.2 Å². The molecule has 0 bridgehead atoms. The predicted octanol–water partition coefficient (Wildman–Crippen LogP) is 5.60. The van der Waals surface area contributed by atoms with Crippen molar-refractivity contribution in [2.75, 3.05) is 7.11 Å². The van der Waals surface area contributed by atoms with Crippen LogP contribution in [0.15, 0.2) is 54.6 Å². The molecule has 0 amide bonds. The lowest BCUT2D eigenvalue weighted by Gasteiger charge is -2.28. The number of hydrogen-bond donors (Lipinski definition) is 1. The van der Waals surface area contributed by atoms with Crippen molar-refractivity contribution < 1.29 is 32.5 Å². The van der Waals surface area contributed by atoms with E-state index in [0.29, 0.717) is 5.56 Å². The number of terminal acetylenes is 1. The van der Waals surface area contributed by atoms with Gasteiger partial charge in [-0.1, -0.05) is 62.2 Å². The summed E-state index contributed by atoms with van der Waals surface area (Å²) in [4.78, 5) is 17.9. The number of esters is 1. The average Bonchev–Trinajstić information content (AvgIpc) is 2.85. The molecule has 9 heteroatoms. The molecule has 1 aromatic heterocycles. The predicted molar refractivity (Wildman–Crippen MR) is 134 cm³/mol. The van der Waals surface area contributed by atoms with Crippen molar-refractivity contribution in [3.05, 3.63) is 71.9 Å². The second-order valence-corrected chi connectivity index (χ2v) is 10.2. The summed E-state index contributed by atoms with van der Waals surface area (Å²) >= 11 is 0. The van der Waals surface area contributed by atoms with Gasteiger partial charge in [-0.15, -0.1) is 6.42 Å². The van der Waals surface area contributed by atoms with Crippen LogP contribution < -0.4 is 4.74 Å². The molecule has 1 N–H and O–H groups in total. The van der Waals surface area contributed by atoms with E-state index in [1.165, 1.54) is 19.1 Å². The van der Waals surface area contributed by atoms with Gasteiger partial charge in [0.25, 0.3) is 0 Å². The summed E-state index contributed by atoms with van der Waals surface area (Å²) in [7, 11) is -2.26. The number of aliphatic hydroxyl groups is 1. The molecule has 36 heavy (non-hydrogen) atoms. The number of rotatable bonds is 8. The largest absolute Gasteiger partial charge is 0.422 e. The molecule has 0 saturated carbocycles. The van der Waals surface area contributed by atoms with Crippen LogP contribution in [-0.2, 0) is 13.9 Å². The Balaban J connectivity index is 2.35. The Bertz CT molecular complexity index is 1320. The molecule has 2 aromatic carbocycles. The van der Waals surface area contributed by atoms with Crippen molar-refractivity contribution in [1.29, 1.82) is 0 Å². The molecule has 0 radical (unpaired) electrons. The minimum absolute atomic E-state index is 0.00244. The first-order valence-corrected chi connectivity index (χ1v) is 12.4. The second kappa shape index (κ2) is 11.1. The minimum Gasteiger partial charge on any atom is -0.422 e. The molecule has 0 aliphatic carbocycles. The number of carbonyl (C=O) groups is 1. The number of pyridine rings is 1. The van der Waals surface area contributed by atoms with Gasteiger partial charge < -0.3 is 14.4 Å². The summed E-state index contributed by atoms with van der Waals surface area (Å²) in [6.45, 7) is 4.72. The first-order chi connectivity index (χ1) is 17.1. The molecule has 0 spiro atoms. The third kappa shape index (κ3) is 4.96. The molecule has 188 valence electrons. The fraction of sp³-hybridized carbons (Fsp3) is 0.259. The van der Waals surface area contributed by atoms with E-state index in [4.69, 9.17) is 15.7 Å². The zero-order valence-corrected chi connectivity index (χ0v) is 21.2. The zero-order chi connectivity index (χ0) is 26.6. The van der Waals surface area contributed by atoms with E-state index in [9.17, 15) is 18.9 Å². The summed E-state index contributed by atoms with van der Waals surface area (Å²) in [6.07, 6.45) is 3.93. The van der Waals surface area contributed by atoms with Gasteiger partial charge in [-0.05, 0) is 30.5 Å². The van der Waals surface area contributed by atoms with Crippen molar-refractivity contribution in [3.8, 4) is 40.5 Å². The molecule has 0 fully saturated rings. The topological polar surface area (TPSA) is 85.7 Å². The van der Waals surface area contributed by atoms with Crippen LogP contribution in [-0.4, -0.2) is 34.4 Å². The van der Waals surface area contributed by atoms with Gasteiger partial charge in [-0.25, -0.2) is 18.6 Å². The van der Waals surface area contributed by atoms with Gasteiger partial charge in [0, 0.05) is 12.7 Å². The third-order valence-electron chi connectivity index (χ3n) is 5.72. The van der Waals surface area contributed by atoms with E-state index in [1.807, 2.05) is 0 Å². The van der Waals surface area contributed by atoms with Crippen LogP contribution in [0.4, 0.5) is 8.78 Å². The summed E-state index contributed by atoms with van der Waals surface area (Å²) < 4.78 is 53.0.